The SMILES string of the molecule is CC(C)(C)OC(=O)N1CCC(=O)C1.CC(C)(C)OC(=O)N1CCC(F)(F)C1. The summed E-state index contributed by atoms with van der Waals surface area (Å²) in [5.74, 6) is -2.65. The van der Waals surface area contributed by atoms with Gasteiger partial charge in [0.1, 0.15) is 11.2 Å². The van der Waals surface area contributed by atoms with Gasteiger partial charge in [-0.15, -0.1) is 0 Å². The molecule has 2 saturated heterocycles. The van der Waals surface area contributed by atoms with Gasteiger partial charge in [0, 0.05) is 25.9 Å². The van der Waals surface area contributed by atoms with Crippen LogP contribution in [0.15, 0.2) is 0 Å². The molecule has 0 N–H and O–H groups in total. The summed E-state index contributed by atoms with van der Waals surface area (Å²) in [6, 6.07) is 0. The zero-order chi connectivity index (χ0) is 21.0. The molecule has 2 fully saturated rings. The Hall–Kier alpha value is -1.93. The zero-order valence-electron chi connectivity index (χ0n) is 16.9. The van der Waals surface area contributed by atoms with Crippen molar-refractivity contribution in [3.8, 4) is 0 Å². The summed E-state index contributed by atoms with van der Waals surface area (Å²) >= 11 is 0. The van der Waals surface area contributed by atoms with Crippen LogP contribution >= 0.6 is 0 Å². The van der Waals surface area contributed by atoms with Gasteiger partial charge in [0.25, 0.3) is 5.92 Å². The fraction of sp³-hybridized carbons (Fsp3) is 0.833. The number of nitrogens with zero attached hydrogens (tertiary/aromatic N) is 2. The number of halogens is 2. The smallest absolute Gasteiger partial charge is 0.410 e. The van der Waals surface area contributed by atoms with Crippen LogP contribution in [0.2, 0.25) is 0 Å². The Balaban J connectivity index is 0.000000271. The van der Waals surface area contributed by atoms with Crippen molar-refractivity contribution in [3.63, 3.8) is 0 Å². The number of carbonyl (C=O) groups excluding carboxylic acids is 3. The molecular formula is C18H30F2N2O5. The van der Waals surface area contributed by atoms with Gasteiger partial charge in [-0.1, -0.05) is 0 Å². The molecule has 2 aliphatic heterocycles. The summed E-state index contributed by atoms with van der Waals surface area (Å²) in [5, 5.41) is 0. The van der Waals surface area contributed by atoms with E-state index in [9.17, 15) is 23.2 Å². The van der Waals surface area contributed by atoms with Gasteiger partial charge >= 0.3 is 12.2 Å². The summed E-state index contributed by atoms with van der Waals surface area (Å²) in [4.78, 5) is 36.0. The molecule has 0 unspecified atom stereocenters. The Morgan fingerprint density at radius 3 is 1.74 bits per heavy atom. The van der Waals surface area contributed by atoms with Gasteiger partial charge in [0.2, 0.25) is 0 Å². The number of ketones is 1. The van der Waals surface area contributed by atoms with Crippen LogP contribution in [0.4, 0.5) is 18.4 Å². The second-order valence-corrected chi connectivity index (χ2v) is 8.70. The van der Waals surface area contributed by atoms with Gasteiger partial charge in [-0.3, -0.25) is 4.79 Å². The monoisotopic (exact) mass is 392 g/mol. The van der Waals surface area contributed by atoms with Crippen molar-refractivity contribution < 1.29 is 32.6 Å². The highest BCUT2D eigenvalue weighted by Gasteiger charge is 2.41. The number of alkyl halides is 2. The lowest BCUT2D eigenvalue weighted by molar-refractivity contribution is -0.117. The number of Topliss-reactive ketones (excluding diaryl/α,β-unsaturated/α-hetero) is 1. The molecule has 0 atom stereocenters. The van der Waals surface area contributed by atoms with Crippen LogP contribution in [0, 0.1) is 0 Å². The van der Waals surface area contributed by atoms with Crippen LogP contribution in [0.25, 0.3) is 0 Å². The Bertz CT molecular complexity index is 567. The predicted octanol–water partition coefficient (Wildman–Crippen LogP) is 3.46. The molecule has 9 heteroatoms. The third-order valence-corrected chi connectivity index (χ3v) is 3.50. The molecule has 0 aromatic rings. The first kappa shape index (κ1) is 23.1. The average Bonchev–Trinajstić information content (AvgIpc) is 3.01. The van der Waals surface area contributed by atoms with Gasteiger partial charge in [0.05, 0.1) is 13.1 Å². The quantitative estimate of drug-likeness (QED) is 0.631. The summed E-state index contributed by atoms with van der Waals surface area (Å²) in [7, 11) is 0. The summed E-state index contributed by atoms with van der Waals surface area (Å²) < 4.78 is 35.5. The Labute approximate surface area is 158 Å². The number of hydrogen-bond donors (Lipinski definition) is 0. The van der Waals surface area contributed by atoms with Crippen molar-refractivity contribution in [3.05, 3.63) is 0 Å². The maximum atomic E-state index is 12.7. The maximum Gasteiger partial charge on any atom is 0.410 e. The van der Waals surface area contributed by atoms with Crippen LogP contribution < -0.4 is 0 Å². The standard InChI is InChI=1S/C9H15F2NO2.C9H15NO3/c1-8(2,3)14-7(13)12-5-4-9(10,11)6-12;1-9(2,3)13-8(12)10-5-4-7(11)6-10/h4-6H2,1-3H3;4-6H2,1-3H3. The number of carbonyl (C=O) groups is 3. The Morgan fingerprint density at radius 1 is 0.926 bits per heavy atom. The summed E-state index contributed by atoms with van der Waals surface area (Å²) in [5.41, 5.74) is -1.11. The van der Waals surface area contributed by atoms with E-state index in [0.29, 0.717) is 13.0 Å². The number of hydrogen-bond acceptors (Lipinski definition) is 5. The highest BCUT2D eigenvalue weighted by molar-refractivity contribution is 5.87. The van der Waals surface area contributed by atoms with Gasteiger partial charge in [-0.2, -0.15) is 0 Å². The number of ether oxygens (including phenoxy) is 2. The minimum absolute atomic E-state index is 0.0713. The second kappa shape index (κ2) is 8.39. The first-order valence-corrected chi connectivity index (χ1v) is 8.93. The van der Waals surface area contributed by atoms with Crippen molar-refractivity contribution >= 4 is 18.0 Å². The molecule has 0 aromatic heterocycles. The third kappa shape index (κ3) is 9.01. The van der Waals surface area contributed by atoms with Gasteiger partial charge < -0.3 is 19.3 Å². The Kier molecular flexibility index (Phi) is 7.18. The van der Waals surface area contributed by atoms with Crippen molar-refractivity contribution in [1.82, 2.24) is 9.80 Å². The van der Waals surface area contributed by atoms with E-state index >= 15 is 0 Å². The molecule has 0 spiro atoms. The van der Waals surface area contributed by atoms with Gasteiger partial charge in [0.15, 0.2) is 5.78 Å². The number of rotatable bonds is 0. The van der Waals surface area contributed by atoms with Crippen molar-refractivity contribution in [2.24, 2.45) is 0 Å². The van der Waals surface area contributed by atoms with Crippen LogP contribution in [-0.2, 0) is 14.3 Å². The molecule has 0 aliphatic carbocycles. The molecule has 0 radical (unpaired) electrons. The normalized spacial score (nSPS) is 19.5. The number of likely N-dealkylation sites (tertiary alicyclic amines) is 2. The molecule has 2 rings (SSSR count). The van der Waals surface area contributed by atoms with Crippen LogP contribution in [0.3, 0.4) is 0 Å². The van der Waals surface area contributed by atoms with Gasteiger partial charge in [-0.05, 0) is 41.5 Å². The molecule has 0 aromatic carbocycles. The molecular weight excluding hydrogens is 362 g/mol. The summed E-state index contributed by atoms with van der Waals surface area (Å²) in [6.45, 7) is 10.8. The summed E-state index contributed by atoms with van der Waals surface area (Å²) in [6.07, 6.45) is -0.862. The van der Waals surface area contributed by atoms with E-state index < -0.39 is 35.9 Å². The maximum absolute atomic E-state index is 12.7. The van der Waals surface area contributed by atoms with Crippen molar-refractivity contribution in [2.45, 2.75) is 71.5 Å². The fourth-order valence-corrected chi connectivity index (χ4v) is 2.33. The van der Waals surface area contributed by atoms with E-state index in [-0.39, 0.29) is 25.3 Å². The molecule has 2 amide bonds. The first-order valence-electron chi connectivity index (χ1n) is 8.93. The minimum Gasteiger partial charge on any atom is -0.444 e. The molecule has 0 saturated carbocycles. The number of amides is 2. The van der Waals surface area contributed by atoms with Crippen LogP contribution in [0.1, 0.15) is 54.4 Å². The van der Waals surface area contributed by atoms with Crippen LogP contribution in [-0.4, -0.2) is 71.1 Å². The molecule has 2 aliphatic rings. The van der Waals surface area contributed by atoms with Gasteiger partial charge in [-0.25, -0.2) is 18.4 Å². The van der Waals surface area contributed by atoms with E-state index in [4.69, 9.17) is 9.47 Å². The molecule has 7 nitrogen and oxygen atoms in total. The topological polar surface area (TPSA) is 76.1 Å². The fourth-order valence-electron chi connectivity index (χ4n) is 2.33. The molecule has 27 heavy (non-hydrogen) atoms. The average molecular weight is 392 g/mol. The van der Waals surface area contributed by atoms with E-state index in [1.165, 1.54) is 4.90 Å². The van der Waals surface area contributed by atoms with E-state index in [1.54, 1.807) is 20.8 Å². The predicted molar refractivity (Wildman–Crippen MR) is 94.8 cm³/mol. The first-order chi connectivity index (χ1) is 12.1. The van der Waals surface area contributed by atoms with E-state index in [1.807, 2.05) is 20.8 Å². The Morgan fingerprint density at radius 2 is 1.41 bits per heavy atom. The lowest BCUT2D eigenvalue weighted by Gasteiger charge is -2.24. The zero-order valence-corrected chi connectivity index (χ0v) is 16.9. The lowest BCUT2D eigenvalue weighted by atomic mass is 10.2. The van der Waals surface area contributed by atoms with Crippen molar-refractivity contribution in [1.29, 1.82) is 0 Å². The molecule has 156 valence electrons. The minimum atomic E-state index is -2.75. The molecule has 2 heterocycles. The highest BCUT2D eigenvalue weighted by Crippen LogP contribution is 2.27. The van der Waals surface area contributed by atoms with Crippen LogP contribution in [0.5, 0.6) is 0 Å². The third-order valence-electron chi connectivity index (χ3n) is 3.50. The second-order valence-electron chi connectivity index (χ2n) is 8.70. The van der Waals surface area contributed by atoms with E-state index in [0.717, 1.165) is 4.90 Å². The largest absolute Gasteiger partial charge is 0.444 e. The lowest BCUT2D eigenvalue weighted by Crippen LogP contribution is -2.36. The van der Waals surface area contributed by atoms with E-state index in [2.05, 4.69) is 0 Å². The molecule has 0 bridgehead atoms. The highest BCUT2D eigenvalue weighted by atomic mass is 19.3. The van der Waals surface area contributed by atoms with Crippen molar-refractivity contribution in [2.75, 3.05) is 26.2 Å².